The highest BCUT2D eigenvalue weighted by Gasteiger charge is 2.23. The second-order valence-corrected chi connectivity index (χ2v) is 4.47. The number of nitrogens with one attached hydrogen (secondary N) is 1. The highest BCUT2D eigenvalue weighted by Crippen LogP contribution is 2.32. The first-order valence-electron chi connectivity index (χ1n) is 6.15. The van der Waals surface area contributed by atoms with Crippen molar-refractivity contribution in [2.24, 2.45) is 0 Å². The molecule has 2 aromatic rings. The standard InChI is InChI=1S/C14H12N2O6/c1-7-10(14(19)22-2)11(12(17)13(18)15-7)8-3-5-9(6-4-8)16(20)21/h3-6,17H,1-2H3,(H,15,18). The molecule has 0 spiro atoms. The molecule has 0 aliphatic heterocycles. The third-order valence-electron chi connectivity index (χ3n) is 3.13. The average Bonchev–Trinajstić information content (AvgIpc) is 2.50. The lowest BCUT2D eigenvalue weighted by atomic mass is 9.98. The fourth-order valence-corrected chi connectivity index (χ4v) is 2.10. The summed E-state index contributed by atoms with van der Waals surface area (Å²) in [4.78, 5) is 36.1. The van der Waals surface area contributed by atoms with Crippen LogP contribution < -0.4 is 5.56 Å². The molecule has 0 atom stereocenters. The van der Waals surface area contributed by atoms with E-state index in [1.165, 1.54) is 38.3 Å². The molecule has 1 aromatic carbocycles. The SMILES string of the molecule is COC(=O)c1c(C)[nH]c(=O)c(O)c1-c1ccc([N+](=O)[O-])cc1. The summed E-state index contributed by atoms with van der Waals surface area (Å²) in [5.41, 5.74) is -0.430. The summed E-state index contributed by atoms with van der Waals surface area (Å²) in [6.07, 6.45) is 0. The number of nitro groups is 1. The molecule has 2 N–H and O–H groups in total. The van der Waals surface area contributed by atoms with Crippen molar-refractivity contribution in [1.82, 2.24) is 4.98 Å². The molecule has 0 bridgehead atoms. The minimum Gasteiger partial charge on any atom is -0.503 e. The van der Waals surface area contributed by atoms with Gasteiger partial charge in [-0.25, -0.2) is 4.79 Å². The summed E-state index contributed by atoms with van der Waals surface area (Å²) in [6.45, 7) is 1.49. The Labute approximate surface area is 124 Å². The van der Waals surface area contributed by atoms with Gasteiger partial charge in [0.15, 0.2) is 5.75 Å². The van der Waals surface area contributed by atoms with E-state index in [0.717, 1.165) is 0 Å². The first-order chi connectivity index (χ1) is 10.4. The van der Waals surface area contributed by atoms with Crippen LogP contribution in [0.25, 0.3) is 11.1 Å². The molecule has 0 saturated carbocycles. The average molecular weight is 304 g/mol. The van der Waals surface area contributed by atoms with E-state index in [1.807, 2.05) is 0 Å². The van der Waals surface area contributed by atoms with E-state index in [4.69, 9.17) is 0 Å². The van der Waals surface area contributed by atoms with Crippen molar-refractivity contribution in [2.75, 3.05) is 7.11 Å². The van der Waals surface area contributed by atoms with Gasteiger partial charge in [-0.2, -0.15) is 0 Å². The normalized spacial score (nSPS) is 10.3. The molecule has 1 heterocycles. The minimum atomic E-state index is -0.765. The molecule has 2 rings (SSSR count). The Hall–Kier alpha value is -3.16. The van der Waals surface area contributed by atoms with Gasteiger partial charge in [-0.1, -0.05) is 0 Å². The van der Waals surface area contributed by atoms with Crippen LogP contribution in [-0.4, -0.2) is 28.1 Å². The number of esters is 1. The summed E-state index contributed by atoms with van der Waals surface area (Å²) >= 11 is 0. The van der Waals surface area contributed by atoms with Crippen LogP contribution in [0.1, 0.15) is 16.1 Å². The highest BCUT2D eigenvalue weighted by molar-refractivity contribution is 5.99. The van der Waals surface area contributed by atoms with Crippen LogP contribution in [0.5, 0.6) is 5.75 Å². The van der Waals surface area contributed by atoms with E-state index in [0.29, 0.717) is 0 Å². The number of rotatable bonds is 3. The smallest absolute Gasteiger partial charge is 0.340 e. The van der Waals surface area contributed by atoms with E-state index in [9.17, 15) is 24.8 Å². The summed E-state index contributed by atoms with van der Waals surface area (Å²) in [6, 6.07) is 5.12. The third-order valence-corrected chi connectivity index (χ3v) is 3.13. The van der Waals surface area contributed by atoms with E-state index >= 15 is 0 Å². The molecule has 22 heavy (non-hydrogen) atoms. The zero-order valence-electron chi connectivity index (χ0n) is 11.7. The molecule has 1 aromatic heterocycles. The van der Waals surface area contributed by atoms with Crippen LogP contribution >= 0.6 is 0 Å². The molecular formula is C14H12N2O6. The van der Waals surface area contributed by atoms with Crippen LogP contribution in [0.3, 0.4) is 0 Å². The molecule has 0 fully saturated rings. The monoisotopic (exact) mass is 304 g/mol. The number of hydrogen-bond acceptors (Lipinski definition) is 6. The Balaban J connectivity index is 2.75. The number of non-ortho nitro benzene ring substituents is 1. The second-order valence-electron chi connectivity index (χ2n) is 4.47. The molecule has 8 nitrogen and oxygen atoms in total. The lowest BCUT2D eigenvalue weighted by Crippen LogP contribution is -2.16. The van der Waals surface area contributed by atoms with Crippen molar-refractivity contribution in [3.63, 3.8) is 0 Å². The number of pyridine rings is 1. The molecular weight excluding hydrogens is 292 g/mol. The second kappa shape index (κ2) is 5.68. The maximum absolute atomic E-state index is 11.9. The Kier molecular flexibility index (Phi) is 3.93. The van der Waals surface area contributed by atoms with E-state index in [1.54, 1.807) is 0 Å². The number of ether oxygens (including phenoxy) is 1. The van der Waals surface area contributed by atoms with Crippen molar-refractivity contribution in [2.45, 2.75) is 6.92 Å². The minimum absolute atomic E-state index is 0.00606. The topological polar surface area (TPSA) is 123 Å². The number of aromatic amines is 1. The number of aromatic hydroxyl groups is 1. The predicted molar refractivity (Wildman–Crippen MR) is 76.9 cm³/mol. The number of methoxy groups -OCH3 is 1. The Morgan fingerprint density at radius 3 is 2.41 bits per heavy atom. The molecule has 114 valence electrons. The maximum Gasteiger partial charge on any atom is 0.340 e. The van der Waals surface area contributed by atoms with E-state index in [-0.39, 0.29) is 28.1 Å². The number of carbonyl (C=O) groups excluding carboxylic acids is 1. The van der Waals surface area contributed by atoms with E-state index in [2.05, 4.69) is 9.72 Å². The van der Waals surface area contributed by atoms with Crippen molar-refractivity contribution in [3.05, 3.63) is 56.0 Å². The summed E-state index contributed by atoms with van der Waals surface area (Å²) in [7, 11) is 1.17. The number of carbonyl (C=O) groups is 1. The van der Waals surface area contributed by atoms with Crippen molar-refractivity contribution in [3.8, 4) is 16.9 Å². The highest BCUT2D eigenvalue weighted by atomic mass is 16.6. The number of benzene rings is 1. The number of nitro benzene ring substituents is 1. The fraction of sp³-hybridized carbons (Fsp3) is 0.143. The third kappa shape index (κ3) is 2.53. The van der Waals surface area contributed by atoms with Gasteiger partial charge in [0.05, 0.1) is 17.6 Å². The summed E-state index contributed by atoms with van der Waals surface area (Å²) in [5.74, 6) is -1.39. The van der Waals surface area contributed by atoms with Gasteiger partial charge in [0.2, 0.25) is 0 Å². The quantitative estimate of drug-likeness (QED) is 0.506. The predicted octanol–water partition coefficient (Wildman–Crippen LogP) is 1.75. The molecule has 0 amide bonds. The van der Waals surface area contributed by atoms with Crippen LogP contribution in [0.15, 0.2) is 29.1 Å². The van der Waals surface area contributed by atoms with Gasteiger partial charge >= 0.3 is 5.97 Å². The maximum atomic E-state index is 11.9. The fourth-order valence-electron chi connectivity index (χ4n) is 2.10. The van der Waals surface area contributed by atoms with Crippen molar-refractivity contribution < 1.29 is 19.6 Å². The first kappa shape index (κ1) is 15.2. The number of H-pyrrole nitrogens is 1. The van der Waals surface area contributed by atoms with Gasteiger partial charge in [-0.05, 0) is 24.6 Å². The first-order valence-corrected chi connectivity index (χ1v) is 6.15. The molecule has 0 radical (unpaired) electrons. The molecule has 0 aliphatic rings. The largest absolute Gasteiger partial charge is 0.503 e. The van der Waals surface area contributed by atoms with Gasteiger partial charge in [-0.15, -0.1) is 0 Å². The Morgan fingerprint density at radius 1 is 1.32 bits per heavy atom. The Morgan fingerprint density at radius 2 is 1.91 bits per heavy atom. The van der Waals surface area contributed by atoms with Gasteiger partial charge in [0, 0.05) is 23.4 Å². The molecule has 8 heteroatoms. The molecule has 0 unspecified atom stereocenters. The van der Waals surface area contributed by atoms with Crippen LogP contribution in [0, 0.1) is 17.0 Å². The molecule has 0 saturated heterocycles. The van der Waals surface area contributed by atoms with Crippen molar-refractivity contribution >= 4 is 11.7 Å². The van der Waals surface area contributed by atoms with Gasteiger partial charge < -0.3 is 14.8 Å². The zero-order chi connectivity index (χ0) is 16.4. The number of hydrogen-bond donors (Lipinski definition) is 2. The summed E-state index contributed by atoms with van der Waals surface area (Å²) in [5, 5.41) is 20.7. The lowest BCUT2D eigenvalue weighted by molar-refractivity contribution is -0.384. The van der Waals surface area contributed by atoms with E-state index < -0.39 is 22.2 Å². The van der Waals surface area contributed by atoms with Gasteiger partial charge in [-0.3, -0.25) is 14.9 Å². The van der Waals surface area contributed by atoms with Crippen LogP contribution in [-0.2, 0) is 4.74 Å². The van der Waals surface area contributed by atoms with Gasteiger partial charge in [0.25, 0.3) is 11.2 Å². The lowest BCUT2D eigenvalue weighted by Gasteiger charge is -2.12. The van der Waals surface area contributed by atoms with Crippen molar-refractivity contribution in [1.29, 1.82) is 0 Å². The van der Waals surface area contributed by atoms with Crippen LogP contribution in [0.2, 0.25) is 0 Å². The number of aryl methyl sites for hydroxylation is 1. The van der Waals surface area contributed by atoms with Crippen LogP contribution in [0.4, 0.5) is 5.69 Å². The molecule has 0 aliphatic carbocycles. The Bertz CT molecular complexity index is 807. The number of nitrogens with zero attached hydrogens (tertiary/aromatic N) is 1. The number of aromatic nitrogens is 1. The summed E-state index contributed by atoms with van der Waals surface area (Å²) < 4.78 is 4.66. The van der Waals surface area contributed by atoms with Gasteiger partial charge in [0.1, 0.15) is 0 Å². The zero-order valence-corrected chi connectivity index (χ0v) is 11.7.